The predicted molar refractivity (Wildman–Crippen MR) is 65.4 cm³/mol. The highest BCUT2D eigenvalue weighted by Gasteiger charge is 2.39. The highest BCUT2D eigenvalue weighted by Crippen LogP contribution is 2.26. The highest BCUT2D eigenvalue weighted by atomic mass is 16.6. The number of aryl methyl sites for hydroxylation is 1. The zero-order valence-electron chi connectivity index (χ0n) is 11.6. The van der Waals surface area contributed by atoms with Crippen LogP contribution in [0.2, 0.25) is 0 Å². The van der Waals surface area contributed by atoms with E-state index in [-0.39, 0.29) is 12.5 Å². The smallest absolute Gasteiger partial charge is 0.410 e. The number of aliphatic hydroxyl groups excluding tert-OH is 1. The summed E-state index contributed by atoms with van der Waals surface area (Å²) in [6.07, 6.45) is -1.13. The number of ether oxygens (including phenoxy) is 1. The van der Waals surface area contributed by atoms with Crippen molar-refractivity contribution in [3.63, 3.8) is 0 Å². The first-order valence-electron chi connectivity index (χ1n) is 6.16. The van der Waals surface area contributed by atoms with Gasteiger partial charge in [-0.05, 0) is 26.0 Å². The van der Waals surface area contributed by atoms with Gasteiger partial charge >= 0.3 is 6.09 Å². The molecule has 0 radical (unpaired) electrons. The number of carbonyl (C=O) groups excluding carboxylic acids is 1. The summed E-state index contributed by atoms with van der Waals surface area (Å²) in [7, 11) is 1.66. The van der Waals surface area contributed by atoms with Crippen LogP contribution in [0.5, 0.6) is 0 Å². The third kappa shape index (κ3) is 3.19. The number of nitrogens with zero attached hydrogens (tertiary/aromatic N) is 5. The quantitative estimate of drug-likeness (QED) is 0.765. The van der Waals surface area contributed by atoms with Crippen LogP contribution in [-0.4, -0.2) is 61.1 Å². The number of aliphatic hydroxyl groups is 1. The van der Waals surface area contributed by atoms with Crippen molar-refractivity contribution in [3.8, 4) is 0 Å². The first-order valence-corrected chi connectivity index (χ1v) is 6.16. The van der Waals surface area contributed by atoms with Crippen LogP contribution in [0, 0.1) is 0 Å². The minimum Gasteiger partial charge on any atom is -0.444 e. The van der Waals surface area contributed by atoms with E-state index in [4.69, 9.17) is 4.74 Å². The van der Waals surface area contributed by atoms with E-state index < -0.39 is 17.8 Å². The first-order chi connectivity index (χ1) is 8.76. The second kappa shape index (κ2) is 4.76. The zero-order chi connectivity index (χ0) is 14.2. The molecule has 106 valence electrons. The SMILES string of the molecule is Cn1nnc([C@@H]2CN(C(=O)OC(C)(C)C)C[C@H]2O)n1. The summed E-state index contributed by atoms with van der Waals surface area (Å²) >= 11 is 0. The molecule has 0 aromatic carbocycles. The Kier molecular flexibility index (Phi) is 3.44. The van der Waals surface area contributed by atoms with Crippen molar-refractivity contribution in [2.75, 3.05) is 13.1 Å². The fourth-order valence-electron chi connectivity index (χ4n) is 1.96. The lowest BCUT2D eigenvalue weighted by atomic mass is 10.1. The summed E-state index contributed by atoms with van der Waals surface area (Å²) in [6, 6.07) is 0. The molecule has 1 aliphatic rings. The van der Waals surface area contributed by atoms with Crippen LogP contribution in [0.25, 0.3) is 0 Å². The van der Waals surface area contributed by atoms with Gasteiger partial charge in [-0.25, -0.2) is 4.79 Å². The normalized spacial score (nSPS) is 23.7. The Balaban J connectivity index is 2.03. The second-order valence-electron chi connectivity index (χ2n) is 5.70. The summed E-state index contributed by atoms with van der Waals surface area (Å²) in [5.74, 6) is 0.127. The van der Waals surface area contributed by atoms with Gasteiger partial charge in [0.2, 0.25) is 0 Å². The minimum absolute atomic E-state index is 0.220. The lowest BCUT2D eigenvalue weighted by molar-refractivity contribution is 0.0270. The topological polar surface area (TPSA) is 93.4 Å². The molecule has 0 aliphatic carbocycles. The molecule has 2 atom stereocenters. The zero-order valence-corrected chi connectivity index (χ0v) is 11.6. The molecule has 1 amide bonds. The molecule has 0 bridgehead atoms. The van der Waals surface area contributed by atoms with E-state index in [0.29, 0.717) is 12.4 Å². The molecule has 2 heterocycles. The number of carbonyl (C=O) groups is 1. The predicted octanol–water partition coefficient (Wildman–Crippen LogP) is -0.0947. The third-order valence-electron chi connectivity index (χ3n) is 2.80. The number of hydrogen-bond acceptors (Lipinski definition) is 6. The van der Waals surface area contributed by atoms with E-state index in [2.05, 4.69) is 15.4 Å². The van der Waals surface area contributed by atoms with Crippen molar-refractivity contribution in [1.29, 1.82) is 0 Å². The molecule has 1 aromatic rings. The van der Waals surface area contributed by atoms with Crippen LogP contribution < -0.4 is 0 Å². The molecule has 1 aromatic heterocycles. The van der Waals surface area contributed by atoms with Crippen molar-refractivity contribution >= 4 is 6.09 Å². The molecule has 1 aliphatic heterocycles. The standard InChI is InChI=1S/C11H19N5O3/c1-11(2,3)19-10(18)16-5-7(8(17)6-16)9-12-14-15(4)13-9/h7-8,17H,5-6H2,1-4H3/t7-,8-/m1/s1. The summed E-state index contributed by atoms with van der Waals surface area (Å²) in [4.78, 5) is 14.7. The lowest BCUT2D eigenvalue weighted by Gasteiger charge is -2.24. The number of hydrogen-bond donors (Lipinski definition) is 1. The van der Waals surface area contributed by atoms with Crippen molar-refractivity contribution in [2.45, 2.75) is 38.4 Å². The maximum atomic E-state index is 11.9. The van der Waals surface area contributed by atoms with Gasteiger partial charge in [0.1, 0.15) is 5.60 Å². The van der Waals surface area contributed by atoms with Crippen LogP contribution in [-0.2, 0) is 11.8 Å². The Morgan fingerprint density at radius 3 is 2.63 bits per heavy atom. The Hall–Kier alpha value is -1.70. The average Bonchev–Trinajstić information content (AvgIpc) is 2.82. The number of likely N-dealkylation sites (tertiary alicyclic amines) is 1. The molecule has 0 unspecified atom stereocenters. The van der Waals surface area contributed by atoms with Crippen molar-refractivity contribution in [1.82, 2.24) is 25.1 Å². The third-order valence-corrected chi connectivity index (χ3v) is 2.80. The van der Waals surface area contributed by atoms with Crippen molar-refractivity contribution in [3.05, 3.63) is 5.82 Å². The summed E-state index contributed by atoms with van der Waals surface area (Å²) < 4.78 is 5.27. The van der Waals surface area contributed by atoms with Gasteiger partial charge in [-0.3, -0.25) is 0 Å². The first kappa shape index (κ1) is 13.7. The van der Waals surface area contributed by atoms with Gasteiger partial charge in [0, 0.05) is 6.54 Å². The van der Waals surface area contributed by atoms with Gasteiger partial charge in [0.15, 0.2) is 5.82 Å². The molecular weight excluding hydrogens is 250 g/mol. The lowest BCUT2D eigenvalue weighted by Crippen LogP contribution is -2.35. The molecular formula is C11H19N5O3. The number of amides is 1. The molecule has 19 heavy (non-hydrogen) atoms. The molecule has 8 heteroatoms. The van der Waals surface area contributed by atoms with Crippen LogP contribution in [0.1, 0.15) is 32.5 Å². The minimum atomic E-state index is -0.697. The molecule has 1 N–H and O–H groups in total. The van der Waals surface area contributed by atoms with Gasteiger partial charge in [0.25, 0.3) is 0 Å². The van der Waals surface area contributed by atoms with Crippen LogP contribution >= 0.6 is 0 Å². The largest absolute Gasteiger partial charge is 0.444 e. The van der Waals surface area contributed by atoms with E-state index in [0.717, 1.165) is 0 Å². The number of tetrazole rings is 1. The number of β-amino-alcohol motifs (C(OH)–C–C–N with tert-alkyl or cyclic N) is 1. The Labute approximate surface area is 111 Å². The van der Waals surface area contributed by atoms with Crippen LogP contribution in [0.4, 0.5) is 4.79 Å². The van der Waals surface area contributed by atoms with Crippen LogP contribution in [0.3, 0.4) is 0 Å². The molecule has 0 spiro atoms. The second-order valence-corrected chi connectivity index (χ2v) is 5.70. The number of rotatable bonds is 1. The van der Waals surface area contributed by atoms with E-state index in [1.165, 1.54) is 9.70 Å². The molecule has 1 fully saturated rings. The average molecular weight is 269 g/mol. The molecule has 8 nitrogen and oxygen atoms in total. The fourth-order valence-corrected chi connectivity index (χ4v) is 1.96. The summed E-state index contributed by atoms with van der Waals surface area (Å²) in [6.45, 7) is 5.97. The maximum absolute atomic E-state index is 11.9. The van der Waals surface area contributed by atoms with Gasteiger partial charge in [-0.2, -0.15) is 4.80 Å². The van der Waals surface area contributed by atoms with Gasteiger partial charge in [0.05, 0.1) is 25.6 Å². The van der Waals surface area contributed by atoms with E-state index in [1.807, 2.05) is 0 Å². The monoisotopic (exact) mass is 269 g/mol. The number of aromatic nitrogens is 4. The van der Waals surface area contributed by atoms with Crippen LogP contribution in [0.15, 0.2) is 0 Å². The Morgan fingerprint density at radius 2 is 2.11 bits per heavy atom. The highest BCUT2D eigenvalue weighted by molar-refractivity contribution is 5.68. The van der Waals surface area contributed by atoms with Gasteiger partial charge in [-0.1, -0.05) is 0 Å². The van der Waals surface area contributed by atoms with E-state index in [9.17, 15) is 9.90 Å². The Bertz CT molecular complexity index is 467. The summed E-state index contributed by atoms with van der Waals surface area (Å²) in [5.41, 5.74) is -0.551. The van der Waals surface area contributed by atoms with Gasteiger partial charge in [-0.15, -0.1) is 10.2 Å². The Morgan fingerprint density at radius 1 is 1.42 bits per heavy atom. The molecule has 0 saturated carbocycles. The maximum Gasteiger partial charge on any atom is 0.410 e. The van der Waals surface area contributed by atoms with E-state index in [1.54, 1.807) is 27.8 Å². The summed E-state index contributed by atoms with van der Waals surface area (Å²) in [5, 5.41) is 21.7. The van der Waals surface area contributed by atoms with E-state index >= 15 is 0 Å². The van der Waals surface area contributed by atoms with Gasteiger partial charge < -0.3 is 14.7 Å². The van der Waals surface area contributed by atoms with Crippen molar-refractivity contribution in [2.24, 2.45) is 7.05 Å². The molecule has 1 saturated heterocycles. The van der Waals surface area contributed by atoms with Crippen molar-refractivity contribution < 1.29 is 14.6 Å². The fraction of sp³-hybridized carbons (Fsp3) is 0.818. The molecule has 2 rings (SSSR count).